The highest BCUT2D eigenvalue weighted by Gasteiger charge is 2.40. The highest BCUT2D eigenvalue weighted by molar-refractivity contribution is 7.89. The minimum absolute atomic E-state index is 0.0188. The van der Waals surface area contributed by atoms with Crippen LogP contribution in [0, 0.1) is 19.8 Å². The van der Waals surface area contributed by atoms with Crippen molar-refractivity contribution in [1.82, 2.24) is 23.9 Å². The first-order valence-corrected chi connectivity index (χ1v) is 16.2. The molecule has 0 radical (unpaired) electrons. The van der Waals surface area contributed by atoms with Crippen molar-refractivity contribution in [1.29, 1.82) is 0 Å². The van der Waals surface area contributed by atoms with Crippen LogP contribution in [0.1, 0.15) is 65.7 Å². The van der Waals surface area contributed by atoms with Crippen LogP contribution >= 0.6 is 0 Å². The number of aliphatic carboxylic acids is 1. The van der Waals surface area contributed by atoms with Crippen molar-refractivity contribution < 1.29 is 31.5 Å². The van der Waals surface area contributed by atoms with E-state index in [1.54, 1.807) is 38.2 Å². The lowest BCUT2D eigenvalue weighted by Gasteiger charge is -2.36. The SMILES string of the molecule is Cc1ccc([C@@H](c2ccn3c(C(F)(F)F)nnc3c2C)C(C)C(=O)O)cc1CN1CC2CCCCN2c2ncccc2S1(=O)=O. The molecule has 0 amide bonds. The van der Waals surface area contributed by atoms with Gasteiger partial charge in [-0.15, -0.1) is 10.2 Å². The fourth-order valence-corrected chi connectivity index (χ4v) is 8.25. The van der Waals surface area contributed by atoms with Gasteiger partial charge in [0, 0.05) is 44.0 Å². The Morgan fingerprint density at radius 2 is 1.91 bits per heavy atom. The van der Waals surface area contributed by atoms with E-state index in [1.807, 2.05) is 19.1 Å². The van der Waals surface area contributed by atoms with E-state index in [9.17, 15) is 31.5 Å². The molecule has 2 unspecified atom stereocenters. The molecule has 0 saturated carbocycles. The number of pyridine rings is 2. The molecule has 6 rings (SSSR count). The number of alkyl halides is 3. The van der Waals surface area contributed by atoms with E-state index in [0.717, 1.165) is 35.8 Å². The number of halogens is 3. The molecule has 2 aliphatic rings. The second kappa shape index (κ2) is 11.4. The first kappa shape index (κ1) is 31.0. The topological polar surface area (TPSA) is 121 Å². The number of carbonyl (C=O) groups is 1. The van der Waals surface area contributed by atoms with Gasteiger partial charge in [0.25, 0.3) is 0 Å². The molecule has 4 aromatic rings. The van der Waals surface area contributed by atoms with E-state index in [4.69, 9.17) is 0 Å². The van der Waals surface area contributed by atoms with Gasteiger partial charge in [0.1, 0.15) is 10.7 Å². The number of piperidine rings is 1. The summed E-state index contributed by atoms with van der Waals surface area (Å²) in [6, 6.07) is 10.1. The van der Waals surface area contributed by atoms with E-state index >= 15 is 0 Å². The highest BCUT2D eigenvalue weighted by Crippen LogP contribution is 2.39. The van der Waals surface area contributed by atoms with Gasteiger partial charge in [0.15, 0.2) is 5.65 Å². The largest absolute Gasteiger partial charge is 0.481 e. The van der Waals surface area contributed by atoms with Gasteiger partial charge >= 0.3 is 12.1 Å². The van der Waals surface area contributed by atoms with Crippen molar-refractivity contribution >= 4 is 27.5 Å². The number of carboxylic acid groups (broad SMARTS) is 1. The second-order valence-corrected chi connectivity index (χ2v) is 13.8. The summed E-state index contributed by atoms with van der Waals surface area (Å²) in [5.74, 6) is -3.52. The van der Waals surface area contributed by atoms with Gasteiger partial charge in [-0.1, -0.05) is 25.1 Å². The van der Waals surface area contributed by atoms with Crippen LogP contribution in [0.15, 0.2) is 53.7 Å². The average molecular weight is 643 g/mol. The molecule has 1 aromatic carbocycles. The molecule has 2 aliphatic heterocycles. The number of nitrogens with zero attached hydrogens (tertiary/aromatic N) is 6. The third-order valence-corrected chi connectivity index (χ3v) is 10.9. The van der Waals surface area contributed by atoms with Gasteiger partial charge in [-0.3, -0.25) is 9.20 Å². The predicted octanol–water partition coefficient (Wildman–Crippen LogP) is 5.18. The van der Waals surface area contributed by atoms with Crippen molar-refractivity contribution in [2.45, 2.75) is 69.6 Å². The fraction of sp³-hybridized carbons (Fsp3) is 0.419. The Bertz CT molecular complexity index is 1890. The lowest BCUT2D eigenvalue weighted by Crippen LogP contribution is -2.45. The Morgan fingerprint density at radius 1 is 1.13 bits per heavy atom. The Hall–Kier alpha value is -4.04. The Labute approximate surface area is 258 Å². The maximum absolute atomic E-state index is 14.0. The maximum atomic E-state index is 14.0. The number of hydrogen-bond acceptors (Lipinski definition) is 7. The minimum Gasteiger partial charge on any atom is -0.481 e. The van der Waals surface area contributed by atoms with Crippen LogP contribution < -0.4 is 4.90 Å². The normalized spacial score (nSPS) is 19.9. The van der Waals surface area contributed by atoms with Crippen molar-refractivity contribution in [3.63, 3.8) is 0 Å². The zero-order chi connectivity index (χ0) is 32.3. The van der Waals surface area contributed by atoms with Gasteiger partial charge in [0.2, 0.25) is 15.8 Å². The van der Waals surface area contributed by atoms with Crippen molar-refractivity contribution in [2.24, 2.45) is 5.92 Å². The number of rotatable bonds is 6. The monoisotopic (exact) mass is 642 g/mol. The quantitative estimate of drug-likeness (QED) is 0.306. The average Bonchev–Trinajstić information content (AvgIpc) is 3.42. The number of aromatic nitrogens is 4. The van der Waals surface area contributed by atoms with Gasteiger partial charge in [-0.2, -0.15) is 17.5 Å². The zero-order valence-corrected chi connectivity index (χ0v) is 25.8. The number of anilines is 1. The number of hydrogen-bond donors (Lipinski definition) is 1. The number of benzene rings is 1. The number of aryl methyl sites for hydroxylation is 2. The first-order valence-electron chi connectivity index (χ1n) is 14.7. The Balaban J connectivity index is 1.42. The standard InChI is InChI=1S/C31H33F3N6O4S/c1-18-9-10-21(26(20(3)29(41)42)24-11-14-40-27(19(24)2)36-37-30(40)31(32,33)34)15-22(18)16-38-17-23-7-4-5-13-39(23)28-25(45(38,43)44)8-6-12-35-28/h6,8-12,14-15,20,23,26H,4-5,7,13,16-17H2,1-3H3,(H,41,42)/t20?,23?,26-/m0/s1. The summed E-state index contributed by atoms with van der Waals surface area (Å²) in [5, 5.41) is 17.2. The molecule has 0 aliphatic carbocycles. The Kier molecular flexibility index (Phi) is 7.84. The molecule has 14 heteroatoms. The highest BCUT2D eigenvalue weighted by atomic mass is 32.2. The van der Waals surface area contributed by atoms with Gasteiger partial charge in [-0.25, -0.2) is 13.4 Å². The molecule has 238 valence electrons. The molecular formula is C31H33F3N6O4S. The Morgan fingerprint density at radius 3 is 2.64 bits per heavy atom. The van der Waals surface area contributed by atoms with E-state index in [1.165, 1.54) is 16.6 Å². The lowest BCUT2D eigenvalue weighted by atomic mass is 9.79. The summed E-state index contributed by atoms with van der Waals surface area (Å²) in [7, 11) is -3.92. The molecule has 3 atom stereocenters. The molecule has 5 heterocycles. The van der Waals surface area contributed by atoms with Crippen molar-refractivity contribution in [3.05, 3.63) is 82.4 Å². The van der Waals surface area contributed by atoms with Crippen LogP contribution in [0.3, 0.4) is 0 Å². The first-order chi connectivity index (χ1) is 21.3. The molecule has 10 nitrogen and oxygen atoms in total. The van der Waals surface area contributed by atoms with E-state index < -0.39 is 39.8 Å². The molecule has 0 bridgehead atoms. The third kappa shape index (κ3) is 5.43. The zero-order valence-electron chi connectivity index (χ0n) is 25.0. The van der Waals surface area contributed by atoms with E-state index in [0.29, 0.717) is 28.1 Å². The fourth-order valence-electron chi connectivity index (χ4n) is 6.64. The van der Waals surface area contributed by atoms with Crippen molar-refractivity contribution in [2.75, 3.05) is 18.0 Å². The maximum Gasteiger partial charge on any atom is 0.452 e. The number of carboxylic acids is 1. The summed E-state index contributed by atoms with van der Waals surface area (Å²) in [4.78, 5) is 19.1. The molecule has 1 saturated heterocycles. The molecule has 0 spiro atoms. The van der Waals surface area contributed by atoms with Crippen LogP contribution in [0.4, 0.5) is 19.0 Å². The van der Waals surface area contributed by atoms with Crippen LogP contribution in [0.5, 0.6) is 0 Å². The summed E-state index contributed by atoms with van der Waals surface area (Å²) >= 11 is 0. The molecule has 1 N–H and O–H groups in total. The van der Waals surface area contributed by atoms with E-state index in [-0.39, 0.29) is 29.7 Å². The molecule has 45 heavy (non-hydrogen) atoms. The number of sulfonamides is 1. The van der Waals surface area contributed by atoms with Gasteiger partial charge in [0.05, 0.1) is 5.92 Å². The number of fused-ring (bicyclic) bond motifs is 4. The van der Waals surface area contributed by atoms with Crippen LogP contribution in [-0.2, 0) is 27.5 Å². The van der Waals surface area contributed by atoms with Crippen LogP contribution in [-0.4, -0.2) is 62.5 Å². The van der Waals surface area contributed by atoms with Gasteiger partial charge in [-0.05, 0) is 79.1 Å². The van der Waals surface area contributed by atoms with E-state index in [2.05, 4.69) is 20.1 Å². The molecular weight excluding hydrogens is 609 g/mol. The lowest BCUT2D eigenvalue weighted by molar-refractivity contribution is -0.145. The summed E-state index contributed by atoms with van der Waals surface area (Å²) in [6.07, 6.45) is 0.874. The van der Waals surface area contributed by atoms with Crippen LogP contribution in [0.2, 0.25) is 0 Å². The second-order valence-electron chi connectivity index (χ2n) is 11.9. The third-order valence-electron chi connectivity index (χ3n) is 9.11. The molecule has 1 fully saturated rings. The van der Waals surface area contributed by atoms with Gasteiger partial charge < -0.3 is 10.0 Å². The summed E-state index contributed by atoms with van der Waals surface area (Å²) < 4.78 is 71.0. The smallest absolute Gasteiger partial charge is 0.452 e. The molecule has 3 aromatic heterocycles. The summed E-state index contributed by atoms with van der Waals surface area (Å²) in [6.45, 7) is 6.08. The predicted molar refractivity (Wildman–Crippen MR) is 159 cm³/mol. The summed E-state index contributed by atoms with van der Waals surface area (Å²) in [5.41, 5.74) is 2.97. The minimum atomic E-state index is -4.72. The van der Waals surface area contributed by atoms with Crippen LogP contribution in [0.25, 0.3) is 5.65 Å². The van der Waals surface area contributed by atoms with Crippen molar-refractivity contribution in [3.8, 4) is 0 Å².